The summed E-state index contributed by atoms with van der Waals surface area (Å²) in [6.07, 6.45) is 0. The van der Waals surface area contributed by atoms with E-state index in [9.17, 15) is 10.1 Å². The van der Waals surface area contributed by atoms with E-state index in [1.54, 1.807) is 12.1 Å². The number of non-ortho nitro benzene ring substituents is 1. The Morgan fingerprint density at radius 3 is 2.65 bits per heavy atom. The molecule has 2 aromatic heterocycles. The molecule has 0 aliphatic carbocycles. The minimum atomic E-state index is -0.399. The number of nitrogens with zero attached hydrogens (tertiary/aromatic N) is 5. The van der Waals surface area contributed by atoms with E-state index in [1.165, 1.54) is 29.2 Å². The molecule has 0 aliphatic heterocycles. The number of nitro groups is 1. The van der Waals surface area contributed by atoms with E-state index in [4.69, 9.17) is 0 Å². The van der Waals surface area contributed by atoms with Crippen molar-refractivity contribution < 1.29 is 4.92 Å². The van der Waals surface area contributed by atoms with Gasteiger partial charge in [0, 0.05) is 24.6 Å². The number of nitro benzene ring substituents is 1. The van der Waals surface area contributed by atoms with Crippen molar-refractivity contribution in [2.45, 2.75) is 35.7 Å². The summed E-state index contributed by atoms with van der Waals surface area (Å²) in [4.78, 5) is 14.9. The number of hydrogen-bond acceptors (Lipinski definition) is 7. The van der Waals surface area contributed by atoms with Crippen LogP contribution in [0.25, 0.3) is 10.2 Å². The van der Waals surface area contributed by atoms with Gasteiger partial charge in [-0.1, -0.05) is 20.8 Å². The van der Waals surface area contributed by atoms with E-state index in [2.05, 4.69) is 36.0 Å². The van der Waals surface area contributed by atoms with Gasteiger partial charge in [0.1, 0.15) is 5.82 Å². The van der Waals surface area contributed by atoms with Crippen LogP contribution in [-0.2, 0) is 12.5 Å². The predicted molar refractivity (Wildman–Crippen MR) is 90.1 cm³/mol. The zero-order chi connectivity index (χ0) is 16.8. The highest BCUT2D eigenvalue weighted by Gasteiger charge is 2.23. The second kappa shape index (κ2) is 5.57. The Hall–Kier alpha value is -2.00. The maximum atomic E-state index is 10.8. The van der Waals surface area contributed by atoms with E-state index in [0.29, 0.717) is 0 Å². The average molecular weight is 349 g/mol. The monoisotopic (exact) mass is 349 g/mol. The lowest BCUT2D eigenvalue weighted by atomic mass is 9.96. The fourth-order valence-electron chi connectivity index (χ4n) is 2.18. The fourth-order valence-corrected chi connectivity index (χ4v) is 4.18. The van der Waals surface area contributed by atoms with Gasteiger partial charge in [0.2, 0.25) is 0 Å². The SMILES string of the molecule is Cn1c(Sc2nc3ccc([N+](=O)[O-])cc3s2)nnc1C(C)(C)C. The summed E-state index contributed by atoms with van der Waals surface area (Å²) in [7, 11) is 1.93. The highest BCUT2D eigenvalue weighted by Crippen LogP contribution is 2.35. The summed E-state index contributed by atoms with van der Waals surface area (Å²) in [5.41, 5.74) is 0.738. The van der Waals surface area contributed by atoms with Crippen molar-refractivity contribution in [2.24, 2.45) is 7.05 Å². The van der Waals surface area contributed by atoms with E-state index in [1.807, 2.05) is 11.6 Å². The van der Waals surface area contributed by atoms with E-state index in [-0.39, 0.29) is 11.1 Å². The van der Waals surface area contributed by atoms with E-state index < -0.39 is 4.92 Å². The van der Waals surface area contributed by atoms with Crippen LogP contribution < -0.4 is 0 Å². The number of rotatable bonds is 3. The van der Waals surface area contributed by atoms with Crippen molar-refractivity contribution in [1.82, 2.24) is 19.7 Å². The van der Waals surface area contributed by atoms with Gasteiger partial charge >= 0.3 is 0 Å². The Kier molecular flexibility index (Phi) is 3.85. The Morgan fingerprint density at radius 1 is 1.30 bits per heavy atom. The lowest BCUT2D eigenvalue weighted by Crippen LogP contribution is -2.17. The van der Waals surface area contributed by atoms with E-state index in [0.717, 1.165) is 25.5 Å². The number of benzene rings is 1. The first-order valence-corrected chi connectivity index (χ1v) is 8.52. The molecular weight excluding hydrogens is 334 g/mol. The number of hydrogen-bond donors (Lipinski definition) is 0. The molecule has 120 valence electrons. The first kappa shape index (κ1) is 15.9. The minimum absolute atomic E-state index is 0.0753. The molecule has 0 saturated heterocycles. The maximum Gasteiger partial charge on any atom is 0.270 e. The minimum Gasteiger partial charge on any atom is -0.308 e. The van der Waals surface area contributed by atoms with Crippen LogP contribution >= 0.6 is 23.1 Å². The number of thiazole rings is 1. The van der Waals surface area contributed by atoms with Crippen LogP contribution in [0, 0.1) is 10.1 Å². The lowest BCUT2D eigenvalue weighted by molar-refractivity contribution is -0.384. The third kappa shape index (κ3) is 3.06. The Labute approximate surface area is 140 Å². The molecule has 0 spiro atoms. The summed E-state index contributed by atoms with van der Waals surface area (Å²) in [5.74, 6) is 0.900. The van der Waals surface area contributed by atoms with Crippen LogP contribution in [0.5, 0.6) is 0 Å². The molecule has 0 amide bonds. The van der Waals surface area contributed by atoms with Crippen molar-refractivity contribution in [3.05, 3.63) is 34.1 Å². The highest BCUT2D eigenvalue weighted by atomic mass is 32.2. The molecule has 0 radical (unpaired) electrons. The van der Waals surface area contributed by atoms with Crippen LogP contribution in [0.4, 0.5) is 5.69 Å². The largest absolute Gasteiger partial charge is 0.308 e. The van der Waals surface area contributed by atoms with Crippen LogP contribution in [0.3, 0.4) is 0 Å². The van der Waals surface area contributed by atoms with Crippen LogP contribution in [0.15, 0.2) is 27.7 Å². The van der Waals surface area contributed by atoms with Gasteiger partial charge < -0.3 is 4.57 Å². The standard InChI is InChI=1S/C14H15N5O2S2/c1-14(2,3)11-16-17-12(18(11)4)23-13-15-9-6-5-8(19(20)21)7-10(9)22-13/h5-7H,1-4H3. The van der Waals surface area contributed by atoms with Crippen LogP contribution in [0.1, 0.15) is 26.6 Å². The molecule has 3 aromatic rings. The average Bonchev–Trinajstić information content (AvgIpc) is 3.01. The van der Waals surface area contributed by atoms with Gasteiger partial charge in [-0.05, 0) is 17.8 Å². The smallest absolute Gasteiger partial charge is 0.270 e. The van der Waals surface area contributed by atoms with E-state index >= 15 is 0 Å². The predicted octanol–water partition coefficient (Wildman–Crippen LogP) is 3.78. The van der Waals surface area contributed by atoms with Gasteiger partial charge in [0.05, 0.1) is 15.1 Å². The molecule has 0 N–H and O–H groups in total. The molecule has 0 bridgehead atoms. The summed E-state index contributed by atoms with van der Waals surface area (Å²) in [5, 5.41) is 20.1. The van der Waals surface area contributed by atoms with Crippen molar-refractivity contribution in [3.8, 4) is 0 Å². The molecular formula is C14H15N5O2S2. The molecule has 0 atom stereocenters. The van der Waals surface area contributed by atoms with Crippen molar-refractivity contribution in [1.29, 1.82) is 0 Å². The Balaban J connectivity index is 1.93. The second-order valence-corrected chi connectivity index (χ2v) is 8.35. The van der Waals surface area contributed by atoms with Gasteiger partial charge in [0.25, 0.3) is 5.69 Å². The van der Waals surface area contributed by atoms with Gasteiger partial charge in [-0.3, -0.25) is 10.1 Å². The quantitative estimate of drug-likeness (QED) is 0.528. The maximum absolute atomic E-state index is 10.8. The van der Waals surface area contributed by atoms with Crippen molar-refractivity contribution in [3.63, 3.8) is 0 Å². The molecule has 9 heteroatoms. The molecule has 7 nitrogen and oxygen atoms in total. The first-order valence-electron chi connectivity index (χ1n) is 6.88. The Morgan fingerprint density at radius 2 is 2.04 bits per heavy atom. The Bertz CT molecular complexity index is 894. The molecule has 1 aromatic carbocycles. The fraction of sp³-hybridized carbons (Fsp3) is 0.357. The van der Waals surface area contributed by atoms with Gasteiger partial charge in [-0.15, -0.1) is 21.5 Å². The van der Waals surface area contributed by atoms with Gasteiger partial charge in [0.15, 0.2) is 9.50 Å². The second-order valence-electron chi connectivity index (χ2n) is 6.11. The molecule has 0 fully saturated rings. The summed E-state index contributed by atoms with van der Waals surface area (Å²) < 4.78 is 3.54. The molecule has 0 saturated carbocycles. The molecule has 3 rings (SSSR count). The number of aromatic nitrogens is 4. The third-order valence-electron chi connectivity index (χ3n) is 3.25. The summed E-state index contributed by atoms with van der Waals surface area (Å²) in [6.45, 7) is 6.26. The van der Waals surface area contributed by atoms with Gasteiger partial charge in [-0.25, -0.2) is 4.98 Å². The zero-order valence-corrected chi connectivity index (χ0v) is 14.7. The lowest BCUT2D eigenvalue weighted by Gasteiger charge is -2.16. The molecule has 2 heterocycles. The highest BCUT2D eigenvalue weighted by molar-refractivity contribution is 8.01. The first-order chi connectivity index (χ1) is 10.8. The zero-order valence-electron chi connectivity index (χ0n) is 13.1. The van der Waals surface area contributed by atoms with Crippen molar-refractivity contribution >= 4 is 39.0 Å². The van der Waals surface area contributed by atoms with Crippen LogP contribution in [-0.4, -0.2) is 24.7 Å². The summed E-state index contributed by atoms with van der Waals surface area (Å²) in [6, 6.07) is 4.69. The summed E-state index contributed by atoms with van der Waals surface area (Å²) >= 11 is 2.83. The van der Waals surface area contributed by atoms with Crippen LogP contribution in [0.2, 0.25) is 0 Å². The molecule has 0 unspecified atom stereocenters. The van der Waals surface area contributed by atoms with Crippen molar-refractivity contribution in [2.75, 3.05) is 0 Å². The molecule has 23 heavy (non-hydrogen) atoms. The molecule has 0 aliphatic rings. The normalized spacial score (nSPS) is 12.0. The number of fused-ring (bicyclic) bond motifs is 1. The topological polar surface area (TPSA) is 86.7 Å². The van der Waals surface area contributed by atoms with Gasteiger partial charge in [-0.2, -0.15) is 0 Å². The third-order valence-corrected chi connectivity index (χ3v) is 5.36.